The molecule has 1 aromatic rings. The second-order valence-corrected chi connectivity index (χ2v) is 6.21. The zero-order valence-corrected chi connectivity index (χ0v) is 13.1. The van der Waals surface area contributed by atoms with Gasteiger partial charge in [-0.3, -0.25) is 0 Å². The predicted octanol–water partition coefficient (Wildman–Crippen LogP) is 4.70. The SMILES string of the molecule is Cc1cc(C)c(C(C)NC(C)CC(C)C)cc1C. The summed E-state index contributed by atoms with van der Waals surface area (Å²) in [5.41, 5.74) is 5.61. The van der Waals surface area contributed by atoms with Gasteiger partial charge in [-0.2, -0.15) is 0 Å². The van der Waals surface area contributed by atoms with E-state index < -0.39 is 0 Å². The Morgan fingerprint density at radius 3 is 2.00 bits per heavy atom. The maximum atomic E-state index is 3.71. The average Bonchev–Trinajstić information content (AvgIpc) is 2.21. The van der Waals surface area contributed by atoms with Gasteiger partial charge in [0.2, 0.25) is 0 Å². The van der Waals surface area contributed by atoms with E-state index in [0.29, 0.717) is 12.1 Å². The van der Waals surface area contributed by atoms with E-state index in [2.05, 4.69) is 65.9 Å². The fraction of sp³-hybridized carbons (Fsp3) is 0.647. The minimum absolute atomic E-state index is 0.429. The van der Waals surface area contributed by atoms with Crippen molar-refractivity contribution in [1.29, 1.82) is 0 Å². The minimum Gasteiger partial charge on any atom is -0.308 e. The molecule has 0 aliphatic rings. The molecule has 1 rings (SSSR count). The molecular weight excluding hydrogens is 218 g/mol. The predicted molar refractivity (Wildman–Crippen MR) is 81.1 cm³/mol. The fourth-order valence-electron chi connectivity index (χ4n) is 2.74. The van der Waals surface area contributed by atoms with Crippen LogP contribution in [0.2, 0.25) is 0 Å². The van der Waals surface area contributed by atoms with Crippen LogP contribution >= 0.6 is 0 Å². The molecule has 18 heavy (non-hydrogen) atoms. The van der Waals surface area contributed by atoms with Gasteiger partial charge < -0.3 is 5.32 Å². The largest absolute Gasteiger partial charge is 0.308 e. The molecule has 0 aliphatic heterocycles. The Hall–Kier alpha value is -0.820. The molecule has 1 N–H and O–H groups in total. The number of aryl methyl sites for hydroxylation is 3. The molecule has 0 saturated carbocycles. The molecule has 0 saturated heterocycles. The van der Waals surface area contributed by atoms with Crippen LogP contribution < -0.4 is 5.32 Å². The molecule has 1 nitrogen and oxygen atoms in total. The van der Waals surface area contributed by atoms with Crippen LogP contribution in [0.3, 0.4) is 0 Å². The van der Waals surface area contributed by atoms with Gasteiger partial charge >= 0.3 is 0 Å². The first-order valence-corrected chi connectivity index (χ1v) is 7.15. The summed E-state index contributed by atoms with van der Waals surface area (Å²) in [5.74, 6) is 0.751. The van der Waals surface area contributed by atoms with Gasteiger partial charge in [-0.15, -0.1) is 0 Å². The van der Waals surface area contributed by atoms with Crippen LogP contribution in [0.15, 0.2) is 12.1 Å². The molecule has 0 fully saturated rings. The minimum atomic E-state index is 0.429. The molecule has 1 heteroatoms. The van der Waals surface area contributed by atoms with E-state index in [0.717, 1.165) is 5.92 Å². The Morgan fingerprint density at radius 1 is 0.889 bits per heavy atom. The number of hydrogen-bond donors (Lipinski definition) is 1. The van der Waals surface area contributed by atoms with Crippen LogP contribution in [0.5, 0.6) is 0 Å². The highest BCUT2D eigenvalue weighted by Crippen LogP contribution is 2.22. The zero-order valence-electron chi connectivity index (χ0n) is 13.1. The molecule has 0 aromatic heterocycles. The molecule has 102 valence electrons. The number of nitrogens with one attached hydrogen (secondary N) is 1. The first-order valence-electron chi connectivity index (χ1n) is 7.15. The van der Waals surface area contributed by atoms with E-state index in [-0.39, 0.29) is 0 Å². The second-order valence-electron chi connectivity index (χ2n) is 6.21. The third-order valence-electron chi connectivity index (χ3n) is 3.71. The van der Waals surface area contributed by atoms with Crippen LogP contribution in [0.25, 0.3) is 0 Å². The zero-order chi connectivity index (χ0) is 13.9. The summed E-state index contributed by atoms with van der Waals surface area (Å²) in [4.78, 5) is 0. The topological polar surface area (TPSA) is 12.0 Å². The van der Waals surface area contributed by atoms with Gasteiger partial charge in [0.25, 0.3) is 0 Å². The van der Waals surface area contributed by atoms with Gasteiger partial charge in [-0.05, 0) is 69.2 Å². The third kappa shape index (κ3) is 4.13. The summed E-state index contributed by atoms with van der Waals surface area (Å²) in [6, 6.07) is 5.64. The van der Waals surface area contributed by atoms with Crippen LogP contribution in [-0.2, 0) is 0 Å². The molecule has 0 bridgehead atoms. The van der Waals surface area contributed by atoms with Gasteiger partial charge in [0.1, 0.15) is 0 Å². The molecule has 1 aromatic carbocycles. The summed E-state index contributed by atoms with van der Waals surface area (Å²) >= 11 is 0. The van der Waals surface area contributed by atoms with Crippen LogP contribution in [-0.4, -0.2) is 6.04 Å². The van der Waals surface area contributed by atoms with Crippen LogP contribution in [0.4, 0.5) is 0 Å². The van der Waals surface area contributed by atoms with E-state index in [1.807, 2.05) is 0 Å². The summed E-state index contributed by atoms with van der Waals surface area (Å²) in [6.07, 6.45) is 1.23. The first-order chi connectivity index (χ1) is 8.31. The van der Waals surface area contributed by atoms with Crippen molar-refractivity contribution in [1.82, 2.24) is 5.32 Å². The van der Waals surface area contributed by atoms with E-state index in [4.69, 9.17) is 0 Å². The van der Waals surface area contributed by atoms with Crippen molar-refractivity contribution in [2.24, 2.45) is 5.92 Å². The van der Waals surface area contributed by atoms with Gasteiger partial charge in [0, 0.05) is 12.1 Å². The number of benzene rings is 1. The maximum Gasteiger partial charge on any atom is 0.0296 e. The van der Waals surface area contributed by atoms with Crippen molar-refractivity contribution >= 4 is 0 Å². The highest BCUT2D eigenvalue weighted by molar-refractivity contribution is 5.38. The lowest BCUT2D eigenvalue weighted by Gasteiger charge is -2.24. The lowest BCUT2D eigenvalue weighted by atomic mass is 9.95. The average molecular weight is 247 g/mol. The normalized spacial score (nSPS) is 14.9. The molecule has 0 amide bonds. The lowest BCUT2D eigenvalue weighted by molar-refractivity contribution is 0.406. The summed E-state index contributed by atoms with van der Waals surface area (Å²) in [6.45, 7) is 15.7. The van der Waals surface area contributed by atoms with E-state index in [9.17, 15) is 0 Å². The van der Waals surface area contributed by atoms with Gasteiger partial charge in [0.05, 0.1) is 0 Å². The van der Waals surface area contributed by atoms with E-state index in [1.165, 1.54) is 28.7 Å². The lowest BCUT2D eigenvalue weighted by Crippen LogP contribution is -2.30. The summed E-state index contributed by atoms with van der Waals surface area (Å²) < 4.78 is 0. The van der Waals surface area contributed by atoms with Crippen molar-refractivity contribution < 1.29 is 0 Å². The number of rotatable bonds is 5. The summed E-state index contributed by atoms with van der Waals surface area (Å²) in [7, 11) is 0. The highest BCUT2D eigenvalue weighted by atomic mass is 14.9. The Kier molecular flexibility index (Phi) is 5.40. The molecule has 0 aliphatic carbocycles. The van der Waals surface area contributed by atoms with Gasteiger partial charge in [0.15, 0.2) is 0 Å². The van der Waals surface area contributed by atoms with Crippen molar-refractivity contribution in [2.75, 3.05) is 0 Å². The fourth-order valence-corrected chi connectivity index (χ4v) is 2.74. The highest BCUT2D eigenvalue weighted by Gasteiger charge is 2.13. The van der Waals surface area contributed by atoms with Crippen LogP contribution in [0.1, 0.15) is 62.4 Å². The Balaban J connectivity index is 2.78. The summed E-state index contributed by atoms with van der Waals surface area (Å²) in [5, 5.41) is 3.71. The van der Waals surface area contributed by atoms with E-state index in [1.54, 1.807) is 0 Å². The quantitative estimate of drug-likeness (QED) is 0.795. The third-order valence-corrected chi connectivity index (χ3v) is 3.71. The molecule has 0 radical (unpaired) electrons. The van der Waals surface area contributed by atoms with Crippen LogP contribution in [0, 0.1) is 26.7 Å². The molecular formula is C17H29N. The molecule has 2 atom stereocenters. The van der Waals surface area contributed by atoms with Gasteiger partial charge in [-0.1, -0.05) is 26.0 Å². The van der Waals surface area contributed by atoms with E-state index >= 15 is 0 Å². The Morgan fingerprint density at radius 2 is 1.44 bits per heavy atom. The second kappa shape index (κ2) is 6.38. The maximum absolute atomic E-state index is 3.71. The number of hydrogen-bond acceptors (Lipinski definition) is 1. The Bertz CT molecular complexity index is 393. The smallest absolute Gasteiger partial charge is 0.0296 e. The molecule has 0 spiro atoms. The standard InChI is InChI=1S/C17H29N/c1-11(2)8-15(6)18-16(7)17-10-13(4)12(3)9-14(17)5/h9-11,15-16,18H,8H2,1-7H3. The molecule has 2 unspecified atom stereocenters. The molecule has 0 heterocycles. The van der Waals surface area contributed by atoms with Crippen molar-refractivity contribution in [2.45, 2.75) is 67.0 Å². The monoisotopic (exact) mass is 247 g/mol. The van der Waals surface area contributed by atoms with Crippen molar-refractivity contribution in [3.63, 3.8) is 0 Å². The van der Waals surface area contributed by atoms with Crippen molar-refractivity contribution in [3.8, 4) is 0 Å². The Labute approximate surface area is 113 Å². The first kappa shape index (κ1) is 15.2. The van der Waals surface area contributed by atoms with Gasteiger partial charge in [-0.25, -0.2) is 0 Å². The van der Waals surface area contributed by atoms with Crippen molar-refractivity contribution in [3.05, 3.63) is 34.4 Å².